The highest BCUT2D eigenvalue weighted by Crippen LogP contribution is 2.58. The van der Waals surface area contributed by atoms with Crippen molar-refractivity contribution in [2.24, 2.45) is 0 Å². The average molecular weight is 300 g/mol. The summed E-state index contributed by atoms with van der Waals surface area (Å²) in [5.74, 6) is -2.66. The zero-order chi connectivity index (χ0) is 15.5. The van der Waals surface area contributed by atoms with E-state index in [2.05, 4.69) is 14.2 Å². The van der Waals surface area contributed by atoms with Crippen LogP contribution in [0.4, 0.5) is 0 Å². The maximum Gasteiger partial charge on any atom is 0.372 e. The van der Waals surface area contributed by atoms with Gasteiger partial charge in [-0.2, -0.15) is 0 Å². The van der Waals surface area contributed by atoms with Crippen LogP contribution >= 0.6 is 7.60 Å². The first-order valence-electron chi connectivity index (χ1n) is 4.91. The number of esters is 2. The van der Waals surface area contributed by atoms with Crippen molar-refractivity contribution in [2.75, 3.05) is 28.4 Å². The number of carbonyl (C=O) groups is 2. The van der Waals surface area contributed by atoms with Crippen LogP contribution in [0.2, 0.25) is 0 Å². The molecule has 112 valence electrons. The molecular weight excluding hydrogens is 283 g/mol. The number of hydrogen-bond acceptors (Lipinski definition) is 7. The smallest absolute Gasteiger partial charge is 0.372 e. The second-order valence-corrected chi connectivity index (χ2v) is 5.33. The average Bonchev–Trinajstić information content (AvgIpc) is 2.36. The molecule has 10 heteroatoms. The lowest BCUT2D eigenvalue weighted by molar-refractivity contribution is -0.203. The maximum atomic E-state index is 11.8. The molecule has 0 saturated carbocycles. The third-order valence-electron chi connectivity index (χ3n) is 2.80. The summed E-state index contributed by atoms with van der Waals surface area (Å²) in [4.78, 5) is 42.4. The quantitative estimate of drug-likeness (QED) is 0.481. The molecule has 0 amide bonds. The molecule has 19 heavy (non-hydrogen) atoms. The lowest BCUT2D eigenvalue weighted by Gasteiger charge is -2.41. The molecule has 9 nitrogen and oxygen atoms in total. The molecule has 0 spiro atoms. The van der Waals surface area contributed by atoms with Crippen molar-refractivity contribution in [3.05, 3.63) is 0 Å². The van der Waals surface area contributed by atoms with Crippen molar-refractivity contribution in [3.8, 4) is 0 Å². The van der Waals surface area contributed by atoms with E-state index in [4.69, 9.17) is 4.74 Å². The van der Waals surface area contributed by atoms with E-state index >= 15 is 0 Å². The van der Waals surface area contributed by atoms with Crippen LogP contribution in [0.5, 0.6) is 0 Å². The SMILES string of the molecule is COC(=O)C(C)(OC)C(OC)(C(=O)OC)P(=O)(O)O. The van der Waals surface area contributed by atoms with E-state index in [1.165, 1.54) is 0 Å². The van der Waals surface area contributed by atoms with Gasteiger partial charge in [0.05, 0.1) is 14.2 Å². The molecule has 0 radical (unpaired) electrons. The van der Waals surface area contributed by atoms with Gasteiger partial charge in [-0.3, -0.25) is 4.57 Å². The normalized spacial score (nSPS) is 18.1. The molecule has 0 aliphatic rings. The Bertz CT molecular complexity index is 402. The van der Waals surface area contributed by atoms with Gasteiger partial charge in [-0.15, -0.1) is 0 Å². The fourth-order valence-electron chi connectivity index (χ4n) is 1.68. The lowest BCUT2D eigenvalue weighted by Crippen LogP contribution is -2.64. The Balaban J connectivity index is 6.34. The summed E-state index contributed by atoms with van der Waals surface area (Å²) >= 11 is 0. The highest BCUT2D eigenvalue weighted by Gasteiger charge is 2.72. The van der Waals surface area contributed by atoms with Gasteiger partial charge in [-0.05, 0) is 6.92 Å². The van der Waals surface area contributed by atoms with Crippen LogP contribution in [-0.4, -0.2) is 61.1 Å². The summed E-state index contributed by atoms with van der Waals surface area (Å²) in [6.45, 7) is 0.957. The van der Waals surface area contributed by atoms with E-state index in [0.717, 1.165) is 35.4 Å². The Kier molecular flexibility index (Phi) is 5.66. The summed E-state index contributed by atoms with van der Waals surface area (Å²) < 4.78 is 29.9. The van der Waals surface area contributed by atoms with E-state index in [-0.39, 0.29) is 0 Å². The first-order chi connectivity index (χ1) is 8.58. The van der Waals surface area contributed by atoms with Crippen molar-refractivity contribution in [2.45, 2.75) is 17.9 Å². The Morgan fingerprint density at radius 2 is 1.37 bits per heavy atom. The third-order valence-corrected chi connectivity index (χ3v) is 4.41. The standard InChI is InChI=1S/C9H17O9P/c1-8(17-4,6(10)15-2)9(18-5,7(11)16-3)19(12,13)14/h1-5H3,(H2,12,13,14). The van der Waals surface area contributed by atoms with Crippen LogP contribution in [0.1, 0.15) is 6.92 Å². The van der Waals surface area contributed by atoms with Crippen molar-refractivity contribution in [1.82, 2.24) is 0 Å². The van der Waals surface area contributed by atoms with Gasteiger partial charge in [0, 0.05) is 14.2 Å². The Labute approximate surface area is 109 Å². The van der Waals surface area contributed by atoms with Crippen LogP contribution in [0.3, 0.4) is 0 Å². The summed E-state index contributed by atoms with van der Waals surface area (Å²) in [5, 5.41) is -2.98. The fourth-order valence-corrected chi connectivity index (χ4v) is 2.99. The minimum absolute atomic E-state index is 0.843. The molecular formula is C9H17O9P. The van der Waals surface area contributed by atoms with Gasteiger partial charge in [0.25, 0.3) is 0 Å². The van der Waals surface area contributed by atoms with E-state index in [1.54, 1.807) is 0 Å². The number of ether oxygens (including phenoxy) is 4. The minimum atomic E-state index is -5.31. The largest absolute Gasteiger partial charge is 0.467 e. The molecule has 0 fully saturated rings. The van der Waals surface area contributed by atoms with E-state index in [9.17, 15) is 23.9 Å². The summed E-state index contributed by atoms with van der Waals surface area (Å²) in [6, 6.07) is 0. The van der Waals surface area contributed by atoms with Crippen LogP contribution in [0, 0.1) is 0 Å². The van der Waals surface area contributed by atoms with Gasteiger partial charge in [0.15, 0.2) is 0 Å². The van der Waals surface area contributed by atoms with Crippen molar-refractivity contribution >= 4 is 19.5 Å². The van der Waals surface area contributed by atoms with Crippen LogP contribution in [0.15, 0.2) is 0 Å². The molecule has 0 bridgehead atoms. The molecule has 0 aromatic heterocycles. The van der Waals surface area contributed by atoms with Crippen molar-refractivity contribution in [1.29, 1.82) is 0 Å². The van der Waals surface area contributed by atoms with Crippen LogP contribution in [0.25, 0.3) is 0 Å². The second-order valence-electron chi connectivity index (χ2n) is 3.61. The van der Waals surface area contributed by atoms with Gasteiger partial charge in [0.2, 0.25) is 5.60 Å². The van der Waals surface area contributed by atoms with Gasteiger partial charge in [-0.25, -0.2) is 9.59 Å². The summed E-state index contributed by atoms with van der Waals surface area (Å²) in [6.07, 6.45) is 0. The van der Waals surface area contributed by atoms with Crippen molar-refractivity contribution < 1.29 is 42.9 Å². The first-order valence-corrected chi connectivity index (χ1v) is 6.53. The number of carbonyl (C=O) groups excluding carboxylic acids is 2. The third kappa shape index (κ3) is 2.52. The van der Waals surface area contributed by atoms with Crippen LogP contribution in [-0.2, 0) is 33.1 Å². The van der Waals surface area contributed by atoms with E-state index in [0.29, 0.717) is 0 Å². The molecule has 0 rings (SSSR count). The second kappa shape index (κ2) is 5.98. The lowest BCUT2D eigenvalue weighted by atomic mass is 9.97. The summed E-state index contributed by atoms with van der Waals surface area (Å²) in [7, 11) is -1.63. The highest BCUT2D eigenvalue weighted by molar-refractivity contribution is 7.54. The Hall–Kier alpha value is -0.990. The van der Waals surface area contributed by atoms with E-state index < -0.39 is 30.5 Å². The minimum Gasteiger partial charge on any atom is -0.467 e. The van der Waals surface area contributed by atoms with Gasteiger partial charge in [0.1, 0.15) is 0 Å². The van der Waals surface area contributed by atoms with E-state index in [1.807, 2.05) is 0 Å². The Morgan fingerprint density at radius 3 is 1.58 bits per heavy atom. The fraction of sp³-hybridized carbons (Fsp3) is 0.778. The zero-order valence-corrected chi connectivity index (χ0v) is 12.1. The molecule has 2 N–H and O–H groups in total. The highest BCUT2D eigenvalue weighted by atomic mass is 31.2. The molecule has 0 heterocycles. The molecule has 2 atom stereocenters. The van der Waals surface area contributed by atoms with Gasteiger partial charge < -0.3 is 28.7 Å². The molecule has 0 aliphatic carbocycles. The number of hydrogen-bond donors (Lipinski definition) is 2. The monoisotopic (exact) mass is 300 g/mol. The predicted molar refractivity (Wildman–Crippen MR) is 61.2 cm³/mol. The molecule has 0 aliphatic heterocycles. The summed E-state index contributed by atoms with van der Waals surface area (Å²) in [5.41, 5.74) is -2.40. The molecule has 2 unspecified atom stereocenters. The topological polar surface area (TPSA) is 129 Å². The number of rotatable bonds is 6. The number of methoxy groups -OCH3 is 4. The predicted octanol–water partition coefficient (Wildman–Crippen LogP) is -0.742. The first kappa shape index (κ1) is 18.0. The Morgan fingerprint density at radius 1 is 0.947 bits per heavy atom. The zero-order valence-electron chi connectivity index (χ0n) is 11.2. The van der Waals surface area contributed by atoms with Crippen molar-refractivity contribution in [3.63, 3.8) is 0 Å². The van der Waals surface area contributed by atoms with Crippen LogP contribution < -0.4 is 0 Å². The van der Waals surface area contributed by atoms with Gasteiger partial charge in [-0.1, -0.05) is 0 Å². The molecule has 0 saturated heterocycles. The van der Waals surface area contributed by atoms with Gasteiger partial charge >= 0.3 is 24.9 Å². The molecule has 0 aromatic carbocycles. The molecule has 0 aromatic rings. The maximum absolute atomic E-state index is 11.8.